The van der Waals surface area contributed by atoms with E-state index in [-0.39, 0.29) is 31.5 Å². The number of hydrogen-bond donors (Lipinski definition) is 2. The van der Waals surface area contributed by atoms with Crippen molar-refractivity contribution in [1.82, 2.24) is 5.32 Å². The van der Waals surface area contributed by atoms with Crippen molar-refractivity contribution < 1.29 is 37.3 Å². The summed E-state index contributed by atoms with van der Waals surface area (Å²) in [6.45, 7) is 6.72. The largest absolute Gasteiger partial charge is 0.472 e. The normalized spacial score (nSPS) is 14.6. The molecule has 0 saturated carbocycles. The number of rotatable bonds is 47. The fourth-order valence-electron chi connectivity index (χ4n) is 7.25. The molecule has 67 heavy (non-hydrogen) atoms. The van der Waals surface area contributed by atoms with Gasteiger partial charge in [0.2, 0.25) is 5.91 Å². The Kier molecular flexibility index (Phi) is 44.9. The number of carbonyl (C=O) groups excluding carboxylic acids is 2. The number of phosphoric acid groups is 1. The molecule has 10 heteroatoms. The molecule has 0 aliphatic carbocycles. The first-order valence-electron chi connectivity index (χ1n) is 26.9. The Morgan fingerprint density at radius 1 is 0.552 bits per heavy atom. The number of likely N-dealkylation sites (N-methyl/N-ethyl adjacent to an activating group) is 1. The van der Waals surface area contributed by atoms with E-state index in [2.05, 4.69) is 99.0 Å². The number of allylic oxidation sites excluding steroid dienone is 13. The molecular formula is C57H102N2O7P+. The van der Waals surface area contributed by atoms with Gasteiger partial charge in [0.15, 0.2) is 0 Å². The van der Waals surface area contributed by atoms with Gasteiger partial charge in [0.05, 0.1) is 33.8 Å². The molecule has 2 N–H and O–H groups in total. The Balaban J connectivity index is 5.46. The van der Waals surface area contributed by atoms with Crippen LogP contribution in [0.25, 0.3) is 0 Å². The smallest absolute Gasteiger partial charge is 0.456 e. The molecule has 0 heterocycles. The third kappa shape index (κ3) is 48.0. The molecule has 0 saturated heterocycles. The first kappa shape index (κ1) is 64.2. The van der Waals surface area contributed by atoms with Crippen LogP contribution in [0.3, 0.4) is 0 Å². The number of hydrogen-bond acceptors (Lipinski definition) is 6. The van der Waals surface area contributed by atoms with Gasteiger partial charge in [-0.25, -0.2) is 4.57 Å². The maximum absolute atomic E-state index is 13.5. The Morgan fingerprint density at radius 3 is 1.60 bits per heavy atom. The highest BCUT2D eigenvalue weighted by Gasteiger charge is 2.30. The first-order valence-corrected chi connectivity index (χ1v) is 28.4. The predicted octanol–water partition coefficient (Wildman–Crippen LogP) is 15.9. The fraction of sp³-hybridized carbons (Fsp3) is 0.719. The van der Waals surface area contributed by atoms with Gasteiger partial charge >= 0.3 is 13.8 Å². The average Bonchev–Trinajstić information content (AvgIpc) is 3.28. The number of amides is 1. The minimum atomic E-state index is -4.45. The minimum absolute atomic E-state index is 0.0299. The van der Waals surface area contributed by atoms with Gasteiger partial charge in [-0.3, -0.25) is 18.6 Å². The van der Waals surface area contributed by atoms with Crippen LogP contribution in [-0.2, 0) is 27.9 Å². The van der Waals surface area contributed by atoms with Crippen LogP contribution < -0.4 is 5.32 Å². The Bertz CT molecular complexity index is 1430. The summed E-state index contributed by atoms with van der Waals surface area (Å²) < 4.78 is 30.5. The van der Waals surface area contributed by atoms with E-state index in [9.17, 15) is 19.0 Å². The van der Waals surface area contributed by atoms with Crippen molar-refractivity contribution in [2.45, 2.75) is 226 Å². The van der Waals surface area contributed by atoms with Crippen molar-refractivity contribution in [1.29, 1.82) is 0 Å². The van der Waals surface area contributed by atoms with Gasteiger partial charge in [-0.2, -0.15) is 0 Å². The number of nitrogens with zero attached hydrogens (tertiary/aromatic N) is 1. The number of unbranched alkanes of at least 4 members (excludes halogenated alkanes) is 21. The van der Waals surface area contributed by atoms with Gasteiger partial charge in [-0.05, 0) is 83.1 Å². The third-order valence-corrected chi connectivity index (χ3v) is 12.4. The summed E-state index contributed by atoms with van der Waals surface area (Å²) in [7, 11) is 1.46. The highest BCUT2D eigenvalue weighted by molar-refractivity contribution is 7.47. The van der Waals surface area contributed by atoms with E-state index < -0.39 is 20.0 Å². The summed E-state index contributed by atoms with van der Waals surface area (Å²) in [4.78, 5) is 37.5. The zero-order chi connectivity index (χ0) is 49.4. The molecule has 0 bridgehead atoms. The van der Waals surface area contributed by atoms with Crippen molar-refractivity contribution in [2.24, 2.45) is 0 Å². The van der Waals surface area contributed by atoms with E-state index in [4.69, 9.17) is 13.8 Å². The van der Waals surface area contributed by atoms with Crippen molar-refractivity contribution in [3.8, 4) is 0 Å². The van der Waals surface area contributed by atoms with Gasteiger partial charge < -0.3 is 19.4 Å². The fourth-order valence-corrected chi connectivity index (χ4v) is 7.98. The van der Waals surface area contributed by atoms with Crippen LogP contribution in [0.15, 0.2) is 85.1 Å². The number of ether oxygens (including phenoxy) is 1. The summed E-state index contributed by atoms with van der Waals surface area (Å²) >= 11 is 0. The SMILES string of the molecule is CC/C=C/C=C/C=C/CCCCCCCCCC(=O)NC(COP(=O)(O)OCC[N+](C)(C)C)C(/C=C/CCCCCCCCCCCC)OC(=O)CCCCCC/C=C/C/C=C/C/C=C/CC. The van der Waals surface area contributed by atoms with Crippen LogP contribution >= 0.6 is 7.82 Å². The molecule has 1 amide bonds. The molecule has 0 rings (SSSR count). The summed E-state index contributed by atoms with van der Waals surface area (Å²) in [5.74, 6) is -0.552. The number of esters is 1. The van der Waals surface area contributed by atoms with Gasteiger partial charge in [0.25, 0.3) is 0 Å². The maximum atomic E-state index is 13.5. The van der Waals surface area contributed by atoms with E-state index >= 15 is 0 Å². The Labute approximate surface area is 412 Å². The van der Waals surface area contributed by atoms with E-state index in [1.54, 1.807) is 0 Å². The van der Waals surface area contributed by atoms with Crippen LogP contribution in [0.4, 0.5) is 0 Å². The quantitative estimate of drug-likeness (QED) is 0.0156. The van der Waals surface area contributed by atoms with Gasteiger partial charge in [-0.1, -0.05) is 202 Å². The second-order valence-corrected chi connectivity index (χ2v) is 20.5. The van der Waals surface area contributed by atoms with Crippen LogP contribution in [0.1, 0.15) is 213 Å². The summed E-state index contributed by atoms with van der Waals surface area (Å²) in [5.41, 5.74) is 0. The number of carbonyl (C=O) groups is 2. The highest BCUT2D eigenvalue weighted by atomic mass is 31.2. The van der Waals surface area contributed by atoms with Crippen LogP contribution in [0.5, 0.6) is 0 Å². The Morgan fingerprint density at radius 2 is 1.03 bits per heavy atom. The lowest BCUT2D eigenvalue weighted by molar-refractivity contribution is -0.870. The number of phosphoric ester groups is 1. The topological polar surface area (TPSA) is 111 Å². The van der Waals surface area contributed by atoms with Crippen LogP contribution in [-0.4, -0.2) is 74.3 Å². The van der Waals surface area contributed by atoms with Crippen molar-refractivity contribution in [3.05, 3.63) is 85.1 Å². The molecule has 0 aliphatic rings. The summed E-state index contributed by atoms with van der Waals surface area (Å²) in [6, 6.07) is -0.866. The molecule has 386 valence electrons. The minimum Gasteiger partial charge on any atom is -0.456 e. The van der Waals surface area contributed by atoms with Crippen LogP contribution in [0.2, 0.25) is 0 Å². The molecule has 0 aliphatic heterocycles. The van der Waals surface area contributed by atoms with Gasteiger partial charge in [0, 0.05) is 12.8 Å². The third-order valence-electron chi connectivity index (χ3n) is 11.4. The van der Waals surface area contributed by atoms with Crippen molar-refractivity contribution in [3.63, 3.8) is 0 Å². The standard InChI is InChI=1S/C57H101N2O7P/c1-7-10-13-16-19-22-25-28-30-31-34-37-40-43-46-49-56(60)58-54(53-65-67(62,63)64-52-51-59(4,5)6)55(48-45-42-39-36-33-27-24-21-18-15-12-9-3)66-57(61)50-47-44-41-38-35-32-29-26-23-20-17-14-11-8-2/h10-11,13-14,16,19-20,22-23,25,29,32,45,48,54-55H,7-9,12,15,17-18,21,24,26-28,30-31,33-44,46-47,49-53H2,1-6H3,(H-,58,60,62,63)/p+1/b13-10+,14-11+,19-16+,23-20+,25-22+,32-29+,48-45+. The lowest BCUT2D eigenvalue weighted by Gasteiger charge is -2.27. The second-order valence-electron chi connectivity index (χ2n) is 19.0. The van der Waals surface area contributed by atoms with Crippen LogP contribution in [0, 0.1) is 0 Å². The molecule has 0 radical (unpaired) electrons. The van der Waals surface area contributed by atoms with Gasteiger partial charge in [0.1, 0.15) is 19.3 Å². The average molecular weight is 958 g/mol. The highest BCUT2D eigenvalue weighted by Crippen LogP contribution is 2.43. The van der Waals surface area contributed by atoms with E-state index in [0.717, 1.165) is 103 Å². The lowest BCUT2D eigenvalue weighted by Crippen LogP contribution is -2.47. The zero-order valence-electron chi connectivity index (χ0n) is 43.9. The summed E-state index contributed by atoms with van der Waals surface area (Å²) in [6.07, 6.45) is 60.0. The maximum Gasteiger partial charge on any atom is 0.472 e. The molecule has 0 aromatic heterocycles. The molecule has 9 nitrogen and oxygen atoms in total. The van der Waals surface area contributed by atoms with E-state index in [1.165, 1.54) is 70.6 Å². The predicted molar refractivity (Wildman–Crippen MR) is 286 cm³/mol. The molecule has 0 aromatic carbocycles. The second kappa shape index (κ2) is 46.9. The summed E-state index contributed by atoms with van der Waals surface area (Å²) in [5, 5.41) is 3.03. The molecular weight excluding hydrogens is 856 g/mol. The molecule has 0 spiro atoms. The monoisotopic (exact) mass is 958 g/mol. The van der Waals surface area contributed by atoms with E-state index in [0.29, 0.717) is 23.9 Å². The van der Waals surface area contributed by atoms with Gasteiger partial charge in [-0.15, -0.1) is 0 Å². The molecule has 0 aromatic rings. The molecule has 3 unspecified atom stereocenters. The molecule has 0 fully saturated rings. The first-order chi connectivity index (χ1) is 32.4. The number of quaternary nitrogens is 1. The van der Waals surface area contributed by atoms with Crippen molar-refractivity contribution in [2.75, 3.05) is 40.9 Å². The zero-order valence-corrected chi connectivity index (χ0v) is 44.8. The van der Waals surface area contributed by atoms with E-state index in [1.807, 2.05) is 33.3 Å². The number of nitrogens with one attached hydrogen (secondary N) is 1. The lowest BCUT2D eigenvalue weighted by atomic mass is 10.0. The Hall–Kier alpha value is -2.81. The van der Waals surface area contributed by atoms with Crippen molar-refractivity contribution >= 4 is 19.7 Å². The molecule has 3 atom stereocenters.